The highest BCUT2D eigenvalue weighted by Crippen LogP contribution is 2.27. The van der Waals surface area contributed by atoms with Crippen LogP contribution < -0.4 is 5.32 Å². The number of nitrogens with one attached hydrogen (secondary N) is 1. The lowest BCUT2D eigenvalue weighted by atomic mass is 9.87. The van der Waals surface area contributed by atoms with Gasteiger partial charge in [-0.15, -0.1) is 0 Å². The summed E-state index contributed by atoms with van der Waals surface area (Å²) in [6.07, 6.45) is 8.79. The first-order valence-electron chi connectivity index (χ1n) is 6.99. The Labute approximate surface area is 118 Å². The van der Waals surface area contributed by atoms with Crippen LogP contribution in [0.4, 0.5) is 11.5 Å². The molecule has 1 N–H and O–H groups in total. The molecule has 1 aromatic heterocycles. The molecule has 0 atom stereocenters. The van der Waals surface area contributed by atoms with Crippen LogP contribution >= 0.6 is 0 Å². The third-order valence-corrected chi connectivity index (χ3v) is 3.76. The van der Waals surface area contributed by atoms with Gasteiger partial charge in [0.25, 0.3) is 0 Å². The van der Waals surface area contributed by atoms with Gasteiger partial charge >= 0.3 is 5.69 Å². The van der Waals surface area contributed by atoms with E-state index in [4.69, 9.17) is 5.26 Å². The van der Waals surface area contributed by atoms with Crippen LogP contribution in [0.2, 0.25) is 0 Å². The van der Waals surface area contributed by atoms with Gasteiger partial charge < -0.3 is 5.32 Å². The van der Waals surface area contributed by atoms with E-state index in [1.165, 1.54) is 44.4 Å². The maximum atomic E-state index is 11.0. The normalized spacial score (nSPS) is 15.6. The predicted molar refractivity (Wildman–Crippen MR) is 75.3 cm³/mol. The third-order valence-electron chi connectivity index (χ3n) is 3.76. The summed E-state index contributed by atoms with van der Waals surface area (Å²) in [6, 6.07) is 3.12. The van der Waals surface area contributed by atoms with Crippen LogP contribution in [-0.2, 0) is 0 Å². The fourth-order valence-corrected chi connectivity index (χ4v) is 2.66. The summed E-state index contributed by atoms with van der Waals surface area (Å²) < 4.78 is 0. The van der Waals surface area contributed by atoms with Crippen molar-refractivity contribution in [1.29, 1.82) is 5.26 Å². The lowest BCUT2D eigenvalue weighted by Gasteiger charge is -2.21. The molecule has 0 saturated heterocycles. The quantitative estimate of drug-likeness (QED) is 0.657. The van der Waals surface area contributed by atoms with E-state index < -0.39 is 4.92 Å². The second-order valence-electron chi connectivity index (χ2n) is 5.18. The van der Waals surface area contributed by atoms with Crippen LogP contribution in [0.1, 0.15) is 44.1 Å². The zero-order chi connectivity index (χ0) is 14.4. The molecule has 1 aliphatic carbocycles. The number of hydrogen-bond donors (Lipinski definition) is 1. The molecule has 6 heteroatoms. The van der Waals surface area contributed by atoms with Gasteiger partial charge in [0.05, 0.1) is 10.5 Å². The maximum absolute atomic E-state index is 11.0. The molecule has 20 heavy (non-hydrogen) atoms. The fraction of sp³-hybridized carbons (Fsp3) is 0.571. The van der Waals surface area contributed by atoms with Gasteiger partial charge in [0, 0.05) is 18.8 Å². The monoisotopic (exact) mass is 274 g/mol. The van der Waals surface area contributed by atoms with Crippen molar-refractivity contribution in [3.05, 3.63) is 27.9 Å². The van der Waals surface area contributed by atoms with Crippen molar-refractivity contribution >= 4 is 11.5 Å². The molecule has 0 bridgehead atoms. The molecule has 0 amide bonds. The van der Waals surface area contributed by atoms with Gasteiger partial charge in [-0.05, 0) is 12.3 Å². The molecule has 106 valence electrons. The van der Waals surface area contributed by atoms with Crippen molar-refractivity contribution in [2.24, 2.45) is 5.92 Å². The van der Waals surface area contributed by atoms with E-state index in [1.807, 2.05) is 6.07 Å². The number of anilines is 1. The molecule has 0 aliphatic heterocycles. The average molecular weight is 274 g/mol. The van der Waals surface area contributed by atoms with Crippen molar-refractivity contribution < 1.29 is 4.92 Å². The van der Waals surface area contributed by atoms with Crippen LogP contribution in [0, 0.1) is 27.4 Å². The van der Waals surface area contributed by atoms with Crippen LogP contribution in [0.25, 0.3) is 0 Å². The summed E-state index contributed by atoms with van der Waals surface area (Å²) >= 11 is 0. The molecule has 0 aromatic carbocycles. The topological polar surface area (TPSA) is 91.8 Å². The highest BCUT2D eigenvalue weighted by molar-refractivity contribution is 5.58. The molecule has 0 spiro atoms. The van der Waals surface area contributed by atoms with Gasteiger partial charge in [-0.1, -0.05) is 32.1 Å². The van der Waals surface area contributed by atoms with E-state index in [0.717, 1.165) is 6.42 Å². The Hall–Kier alpha value is -2.16. The molecule has 1 aromatic rings. The minimum absolute atomic E-state index is 0.132. The molecule has 2 rings (SSSR count). The Morgan fingerprint density at radius 3 is 2.85 bits per heavy atom. The lowest BCUT2D eigenvalue weighted by Crippen LogP contribution is -2.13. The Kier molecular flexibility index (Phi) is 4.88. The van der Waals surface area contributed by atoms with Crippen LogP contribution in [0.3, 0.4) is 0 Å². The summed E-state index contributed by atoms with van der Waals surface area (Å²) in [6.45, 7) is 0.685. The molecule has 1 saturated carbocycles. The van der Waals surface area contributed by atoms with Crippen molar-refractivity contribution in [1.82, 2.24) is 4.98 Å². The van der Waals surface area contributed by atoms with Crippen LogP contribution in [0.15, 0.2) is 12.3 Å². The smallest absolute Gasteiger partial charge is 0.312 e. The number of nitriles is 1. The van der Waals surface area contributed by atoms with Crippen molar-refractivity contribution in [3.8, 4) is 6.07 Å². The summed E-state index contributed by atoms with van der Waals surface area (Å²) in [7, 11) is 0. The molecule has 1 aliphatic rings. The zero-order valence-electron chi connectivity index (χ0n) is 11.3. The van der Waals surface area contributed by atoms with Gasteiger partial charge in [0.2, 0.25) is 5.82 Å². The SMILES string of the molecule is N#Cc1cnc(NCCC2CCCCC2)c([N+](=O)[O-])c1. The summed E-state index contributed by atoms with van der Waals surface area (Å²) in [5, 5.41) is 22.7. The maximum Gasteiger partial charge on any atom is 0.312 e. The van der Waals surface area contributed by atoms with Gasteiger partial charge in [0.1, 0.15) is 6.07 Å². The first-order valence-corrected chi connectivity index (χ1v) is 6.99. The van der Waals surface area contributed by atoms with E-state index >= 15 is 0 Å². The van der Waals surface area contributed by atoms with E-state index in [-0.39, 0.29) is 17.1 Å². The van der Waals surface area contributed by atoms with Crippen LogP contribution in [0.5, 0.6) is 0 Å². The molecule has 0 radical (unpaired) electrons. The Balaban J connectivity index is 1.94. The number of nitro groups is 1. The van der Waals surface area contributed by atoms with E-state index in [1.54, 1.807) is 0 Å². The van der Waals surface area contributed by atoms with Gasteiger partial charge in [-0.25, -0.2) is 4.98 Å². The Morgan fingerprint density at radius 2 is 2.20 bits per heavy atom. The number of rotatable bonds is 5. The molecule has 0 unspecified atom stereocenters. The number of aromatic nitrogens is 1. The first kappa shape index (κ1) is 14.3. The van der Waals surface area contributed by atoms with Crippen molar-refractivity contribution in [2.75, 3.05) is 11.9 Å². The Morgan fingerprint density at radius 1 is 1.45 bits per heavy atom. The van der Waals surface area contributed by atoms with E-state index in [9.17, 15) is 10.1 Å². The number of hydrogen-bond acceptors (Lipinski definition) is 5. The Bertz CT molecular complexity index is 518. The second-order valence-corrected chi connectivity index (χ2v) is 5.18. The molecular formula is C14H18N4O2. The van der Waals surface area contributed by atoms with Crippen LogP contribution in [-0.4, -0.2) is 16.5 Å². The highest BCUT2D eigenvalue weighted by atomic mass is 16.6. The largest absolute Gasteiger partial charge is 0.364 e. The van der Waals surface area contributed by atoms with Gasteiger partial charge in [0.15, 0.2) is 0 Å². The van der Waals surface area contributed by atoms with Crippen molar-refractivity contribution in [3.63, 3.8) is 0 Å². The predicted octanol–water partition coefficient (Wildman–Crippen LogP) is 3.24. The summed E-state index contributed by atoms with van der Waals surface area (Å²) in [4.78, 5) is 14.4. The third kappa shape index (κ3) is 3.67. The van der Waals surface area contributed by atoms with E-state index in [0.29, 0.717) is 12.5 Å². The first-order chi connectivity index (χ1) is 9.70. The number of pyridine rings is 1. The molecule has 6 nitrogen and oxygen atoms in total. The summed E-state index contributed by atoms with van der Waals surface area (Å²) in [5.74, 6) is 0.971. The van der Waals surface area contributed by atoms with Gasteiger partial charge in [-0.3, -0.25) is 10.1 Å². The molecule has 1 fully saturated rings. The fourth-order valence-electron chi connectivity index (χ4n) is 2.66. The standard InChI is InChI=1S/C14H18N4O2/c15-9-12-8-13(18(19)20)14(17-10-12)16-7-6-11-4-2-1-3-5-11/h8,10-11H,1-7H2,(H,16,17). The van der Waals surface area contributed by atoms with E-state index in [2.05, 4.69) is 10.3 Å². The number of nitrogens with zero attached hydrogens (tertiary/aromatic N) is 3. The summed E-state index contributed by atoms with van der Waals surface area (Å²) in [5.41, 5.74) is 0.0715. The minimum Gasteiger partial charge on any atom is -0.364 e. The average Bonchev–Trinajstić information content (AvgIpc) is 2.48. The second kappa shape index (κ2) is 6.85. The molecular weight excluding hydrogens is 256 g/mol. The van der Waals surface area contributed by atoms with Crippen molar-refractivity contribution in [2.45, 2.75) is 38.5 Å². The van der Waals surface area contributed by atoms with Gasteiger partial charge in [-0.2, -0.15) is 5.26 Å². The zero-order valence-corrected chi connectivity index (χ0v) is 11.3. The minimum atomic E-state index is -0.503. The molecule has 1 heterocycles. The lowest BCUT2D eigenvalue weighted by molar-refractivity contribution is -0.384. The highest BCUT2D eigenvalue weighted by Gasteiger charge is 2.17.